The van der Waals surface area contributed by atoms with Crippen LogP contribution in [0.4, 0.5) is 0 Å². The van der Waals surface area contributed by atoms with Crippen LogP contribution < -0.4 is 0 Å². The molecule has 0 aliphatic carbocycles. The Morgan fingerprint density at radius 2 is 2.11 bits per heavy atom. The van der Waals surface area contributed by atoms with Crippen LogP contribution in [0.1, 0.15) is 37.4 Å². The fourth-order valence-corrected chi connectivity index (χ4v) is 1.82. The molecule has 1 aromatic rings. The van der Waals surface area contributed by atoms with Gasteiger partial charge < -0.3 is 9.64 Å². The Morgan fingerprint density at radius 3 is 2.58 bits per heavy atom. The van der Waals surface area contributed by atoms with Crippen molar-refractivity contribution in [1.82, 2.24) is 4.90 Å². The van der Waals surface area contributed by atoms with Gasteiger partial charge in [-0.25, -0.2) is 0 Å². The number of hydrogen-bond acceptors (Lipinski definition) is 3. The van der Waals surface area contributed by atoms with Gasteiger partial charge in [0.2, 0.25) is 0 Å². The first-order valence-corrected chi connectivity index (χ1v) is 7.32. The van der Waals surface area contributed by atoms with Crippen molar-refractivity contribution in [2.45, 2.75) is 33.7 Å². The van der Waals surface area contributed by atoms with Crippen molar-refractivity contribution in [2.75, 3.05) is 13.7 Å². The van der Waals surface area contributed by atoms with E-state index >= 15 is 0 Å². The maximum absolute atomic E-state index is 12.0. The molecule has 0 fully saturated rings. The monoisotopic (exact) mass is 282 g/mol. The molecular formula is C14H22N2O2S. The molecule has 0 aromatic carbocycles. The van der Waals surface area contributed by atoms with Crippen LogP contribution in [-0.2, 0) is 4.74 Å². The Hall–Kier alpha value is -1.36. The largest absolute Gasteiger partial charge is 0.465 e. The van der Waals surface area contributed by atoms with Gasteiger partial charge in [0.1, 0.15) is 0 Å². The van der Waals surface area contributed by atoms with Crippen molar-refractivity contribution in [3.8, 4) is 0 Å². The van der Waals surface area contributed by atoms with Crippen molar-refractivity contribution in [2.24, 2.45) is 10.9 Å². The lowest BCUT2D eigenvalue weighted by Gasteiger charge is -2.25. The second-order valence-corrected chi connectivity index (χ2v) is 6.03. The SMILES string of the molecule is CC(C)COC(=NC(=O)c1cccs1)N(C)C(C)C. The van der Waals surface area contributed by atoms with E-state index in [0.717, 1.165) is 0 Å². The fraction of sp³-hybridized carbons (Fsp3) is 0.571. The van der Waals surface area contributed by atoms with E-state index in [2.05, 4.69) is 18.8 Å². The van der Waals surface area contributed by atoms with Crippen LogP contribution >= 0.6 is 11.3 Å². The molecule has 106 valence electrons. The third kappa shape index (κ3) is 5.03. The Morgan fingerprint density at radius 1 is 1.42 bits per heavy atom. The van der Waals surface area contributed by atoms with Crippen molar-refractivity contribution in [3.05, 3.63) is 22.4 Å². The molecule has 19 heavy (non-hydrogen) atoms. The van der Waals surface area contributed by atoms with Gasteiger partial charge in [0.25, 0.3) is 11.9 Å². The van der Waals surface area contributed by atoms with Gasteiger partial charge in [-0.1, -0.05) is 19.9 Å². The molecule has 1 heterocycles. The number of aliphatic imine (C=N–C) groups is 1. The standard InChI is InChI=1S/C14H22N2O2S/c1-10(2)9-18-14(16(5)11(3)4)15-13(17)12-7-6-8-19-12/h6-8,10-11H,9H2,1-5H3. The summed E-state index contributed by atoms with van der Waals surface area (Å²) in [5.41, 5.74) is 0. The maximum Gasteiger partial charge on any atom is 0.295 e. The molecule has 0 spiro atoms. The van der Waals surface area contributed by atoms with Gasteiger partial charge in [-0.3, -0.25) is 4.79 Å². The average molecular weight is 282 g/mol. The van der Waals surface area contributed by atoms with Gasteiger partial charge in [-0.2, -0.15) is 4.99 Å². The normalized spacial score (nSPS) is 12.1. The van der Waals surface area contributed by atoms with E-state index in [1.807, 2.05) is 37.2 Å². The van der Waals surface area contributed by atoms with E-state index in [0.29, 0.717) is 23.4 Å². The van der Waals surface area contributed by atoms with Gasteiger partial charge in [0.15, 0.2) is 0 Å². The van der Waals surface area contributed by atoms with E-state index in [-0.39, 0.29) is 11.9 Å². The first-order valence-electron chi connectivity index (χ1n) is 6.44. The summed E-state index contributed by atoms with van der Waals surface area (Å²) in [5, 5.41) is 1.86. The lowest BCUT2D eigenvalue weighted by molar-refractivity contribution is 0.0995. The second-order valence-electron chi connectivity index (χ2n) is 5.09. The van der Waals surface area contributed by atoms with Crippen LogP contribution in [-0.4, -0.2) is 36.5 Å². The summed E-state index contributed by atoms with van der Waals surface area (Å²) in [5.74, 6) is 0.142. The zero-order valence-corrected chi connectivity index (χ0v) is 13.0. The van der Waals surface area contributed by atoms with Crippen LogP contribution in [0.5, 0.6) is 0 Å². The molecule has 0 unspecified atom stereocenters. The number of carbonyl (C=O) groups is 1. The van der Waals surface area contributed by atoms with Crippen LogP contribution in [0.3, 0.4) is 0 Å². The summed E-state index contributed by atoms with van der Waals surface area (Å²) >= 11 is 1.39. The minimum absolute atomic E-state index is 0.224. The summed E-state index contributed by atoms with van der Waals surface area (Å²) in [7, 11) is 1.88. The topological polar surface area (TPSA) is 41.9 Å². The zero-order chi connectivity index (χ0) is 14.4. The molecule has 1 amide bonds. The summed E-state index contributed by atoms with van der Waals surface area (Å²) in [6.45, 7) is 8.74. The predicted molar refractivity (Wildman–Crippen MR) is 79.8 cm³/mol. The molecule has 4 nitrogen and oxygen atoms in total. The summed E-state index contributed by atoms with van der Waals surface area (Å²) in [6.07, 6.45) is 0. The number of amides is 1. The molecule has 1 rings (SSSR count). The van der Waals surface area contributed by atoms with Gasteiger partial charge in [0.05, 0.1) is 11.5 Å². The predicted octanol–water partition coefficient (Wildman–Crippen LogP) is 3.26. The second kappa shape index (κ2) is 7.28. The maximum atomic E-state index is 12.0. The van der Waals surface area contributed by atoms with Crippen molar-refractivity contribution in [3.63, 3.8) is 0 Å². The van der Waals surface area contributed by atoms with Crippen molar-refractivity contribution >= 4 is 23.3 Å². The lowest BCUT2D eigenvalue weighted by Crippen LogP contribution is -2.36. The number of carbonyl (C=O) groups excluding carboxylic acids is 1. The third-order valence-corrected chi connectivity index (χ3v) is 3.41. The van der Waals surface area contributed by atoms with Crippen LogP contribution in [0.15, 0.2) is 22.5 Å². The van der Waals surface area contributed by atoms with Gasteiger partial charge >= 0.3 is 0 Å². The first-order chi connectivity index (χ1) is 8.91. The number of nitrogens with zero attached hydrogens (tertiary/aromatic N) is 2. The minimum Gasteiger partial charge on any atom is -0.465 e. The number of rotatable bonds is 4. The molecule has 0 aliphatic rings. The molecule has 0 bridgehead atoms. The zero-order valence-electron chi connectivity index (χ0n) is 12.2. The summed E-state index contributed by atoms with van der Waals surface area (Å²) in [4.78, 5) is 18.6. The van der Waals surface area contributed by atoms with E-state index < -0.39 is 0 Å². The van der Waals surface area contributed by atoms with Crippen LogP contribution in [0.25, 0.3) is 0 Å². The van der Waals surface area contributed by atoms with Crippen molar-refractivity contribution < 1.29 is 9.53 Å². The first kappa shape index (κ1) is 15.7. The molecule has 0 radical (unpaired) electrons. The fourth-order valence-electron chi connectivity index (χ4n) is 1.22. The summed E-state index contributed by atoms with van der Waals surface area (Å²) < 4.78 is 5.66. The molecule has 0 aliphatic heterocycles. The highest BCUT2D eigenvalue weighted by Crippen LogP contribution is 2.11. The Bertz CT molecular complexity index is 425. The number of amidine groups is 1. The average Bonchev–Trinajstić information content (AvgIpc) is 2.86. The van der Waals surface area contributed by atoms with E-state index in [9.17, 15) is 4.79 Å². The lowest BCUT2D eigenvalue weighted by atomic mass is 10.2. The van der Waals surface area contributed by atoms with Gasteiger partial charge in [-0.15, -0.1) is 11.3 Å². The van der Waals surface area contributed by atoms with Gasteiger partial charge in [-0.05, 0) is 31.2 Å². The Kier molecular flexibility index (Phi) is 6.02. The molecule has 0 saturated heterocycles. The quantitative estimate of drug-likeness (QED) is 0.629. The van der Waals surface area contributed by atoms with Gasteiger partial charge in [0, 0.05) is 13.1 Å². The minimum atomic E-state index is -0.249. The van der Waals surface area contributed by atoms with E-state index in [1.165, 1.54) is 11.3 Å². The smallest absolute Gasteiger partial charge is 0.295 e. The van der Waals surface area contributed by atoms with Crippen molar-refractivity contribution in [1.29, 1.82) is 0 Å². The van der Waals surface area contributed by atoms with E-state index in [4.69, 9.17) is 4.74 Å². The molecular weight excluding hydrogens is 260 g/mol. The number of thiophene rings is 1. The highest BCUT2D eigenvalue weighted by molar-refractivity contribution is 7.12. The highest BCUT2D eigenvalue weighted by Gasteiger charge is 2.15. The van der Waals surface area contributed by atoms with E-state index in [1.54, 1.807) is 6.07 Å². The molecule has 5 heteroatoms. The molecule has 0 atom stereocenters. The number of hydrogen-bond donors (Lipinski definition) is 0. The third-order valence-electron chi connectivity index (χ3n) is 2.55. The number of ether oxygens (including phenoxy) is 1. The molecule has 1 aromatic heterocycles. The Balaban J connectivity index is 2.85. The van der Waals surface area contributed by atoms with Crippen LogP contribution in [0, 0.1) is 5.92 Å². The highest BCUT2D eigenvalue weighted by atomic mass is 32.1. The van der Waals surface area contributed by atoms with Crippen LogP contribution in [0.2, 0.25) is 0 Å². The summed E-state index contributed by atoms with van der Waals surface area (Å²) in [6, 6.07) is 4.23. The molecule has 0 saturated carbocycles. The molecule has 0 N–H and O–H groups in total. The Labute approximate surface area is 119 Å².